The van der Waals surface area contributed by atoms with Crippen LogP contribution in [-0.4, -0.2) is 18.3 Å². The van der Waals surface area contributed by atoms with Crippen LogP contribution in [0.15, 0.2) is 24.3 Å². The van der Waals surface area contributed by atoms with E-state index >= 15 is 0 Å². The normalized spacial score (nSPS) is 23.0. The number of hydrogen-bond acceptors (Lipinski definition) is 4. The Kier molecular flexibility index (Phi) is 3.43. The van der Waals surface area contributed by atoms with Crippen LogP contribution in [0.5, 0.6) is 0 Å². The third kappa shape index (κ3) is 2.25. The first-order valence-corrected chi connectivity index (χ1v) is 7.59. The molecule has 0 unspecified atom stereocenters. The third-order valence-corrected chi connectivity index (χ3v) is 5.76. The maximum absolute atomic E-state index is 5.27. The van der Waals surface area contributed by atoms with Crippen molar-refractivity contribution >= 4 is 23.5 Å². The van der Waals surface area contributed by atoms with Crippen LogP contribution < -0.4 is 0 Å². The van der Waals surface area contributed by atoms with E-state index in [1.165, 1.54) is 23.5 Å². The van der Waals surface area contributed by atoms with Crippen molar-refractivity contribution in [3.8, 4) is 0 Å². The van der Waals surface area contributed by atoms with Gasteiger partial charge in [-0.2, -0.15) is 0 Å². The Labute approximate surface area is 104 Å². The predicted molar refractivity (Wildman–Crippen MR) is 68.5 cm³/mol. The highest BCUT2D eigenvalue weighted by atomic mass is 32.2. The molecule has 3 rings (SSSR count). The summed E-state index contributed by atoms with van der Waals surface area (Å²) in [5.41, 5.74) is 2.54. The van der Waals surface area contributed by atoms with Crippen LogP contribution in [0.25, 0.3) is 0 Å². The maximum atomic E-state index is 5.27. The molecule has 16 heavy (non-hydrogen) atoms. The van der Waals surface area contributed by atoms with Crippen molar-refractivity contribution in [1.82, 2.24) is 0 Å². The highest BCUT2D eigenvalue weighted by Gasteiger charge is 2.22. The number of hydrogen-bond donors (Lipinski definition) is 0. The number of benzene rings is 1. The second-order valence-corrected chi connectivity index (χ2v) is 6.60. The van der Waals surface area contributed by atoms with Gasteiger partial charge in [0.05, 0.1) is 4.58 Å². The van der Waals surface area contributed by atoms with E-state index in [1.54, 1.807) is 0 Å². The van der Waals surface area contributed by atoms with Gasteiger partial charge in [-0.1, -0.05) is 24.3 Å². The maximum Gasteiger partial charge on any atom is 0.189 e. The second-order valence-electron chi connectivity index (χ2n) is 3.88. The zero-order valence-corrected chi connectivity index (χ0v) is 10.6. The molecule has 4 heteroatoms. The molecule has 2 saturated heterocycles. The minimum Gasteiger partial charge on any atom is -0.322 e. The molecule has 1 aromatic carbocycles. The molecule has 0 spiro atoms. The van der Waals surface area contributed by atoms with Gasteiger partial charge in [0, 0.05) is 5.56 Å². The molecule has 1 aromatic rings. The standard InChI is InChI=1S/C12H14O2S2/c1-6-15-12(16-7-1)10-4-2-9(3-5-10)11-13-8-14-11/h2-5,11-12H,1,6-8H2. The van der Waals surface area contributed by atoms with Gasteiger partial charge >= 0.3 is 0 Å². The van der Waals surface area contributed by atoms with Crippen molar-refractivity contribution in [3.63, 3.8) is 0 Å². The smallest absolute Gasteiger partial charge is 0.189 e. The van der Waals surface area contributed by atoms with Gasteiger partial charge in [-0.15, -0.1) is 23.5 Å². The second kappa shape index (κ2) is 5.00. The molecule has 2 aliphatic heterocycles. The molecule has 2 nitrogen and oxygen atoms in total. The summed E-state index contributed by atoms with van der Waals surface area (Å²) in [6, 6.07) is 8.65. The Morgan fingerprint density at radius 1 is 0.938 bits per heavy atom. The van der Waals surface area contributed by atoms with Crippen molar-refractivity contribution in [1.29, 1.82) is 0 Å². The molecular formula is C12H14O2S2. The number of rotatable bonds is 2. The predicted octanol–water partition coefficient (Wildman–Crippen LogP) is 3.56. The summed E-state index contributed by atoms with van der Waals surface area (Å²) in [7, 11) is 0. The fourth-order valence-electron chi connectivity index (χ4n) is 1.82. The van der Waals surface area contributed by atoms with Crippen molar-refractivity contribution in [2.45, 2.75) is 17.3 Å². The first kappa shape index (κ1) is 11.0. The van der Waals surface area contributed by atoms with Crippen LogP contribution in [0.1, 0.15) is 28.4 Å². The lowest BCUT2D eigenvalue weighted by Crippen LogP contribution is -2.21. The fourth-order valence-corrected chi connectivity index (χ4v) is 4.71. The summed E-state index contributed by atoms with van der Waals surface area (Å²) < 4.78 is 11.2. The highest BCUT2D eigenvalue weighted by Crippen LogP contribution is 2.43. The van der Waals surface area contributed by atoms with E-state index in [0.717, 1.165) is 5.56 Å². The first-order chi connectivity index (χ1) is 7.93. The molecule has 86 valence electrons. The van der Waals surface area contributed by atoms with Crippen LogP contribution >= 0.6 is 23.5 Å². The minimum atomic E-state index is -0.124. The lowest BCUT2D eigenvalue weighted by Gasteiger charge is -2.27. The zero-order chi connectivity index (χ0) is 10.8. The number of thioether (sulfide) groups is 2. The quantitative estimate of drug-likeness (QED) is 0.803. The van der Waals surface area contributed by atoms with Gasteiger partial charge in [-0.05, 0) is 23.5 Å². The van der Waals surface area contributed by atoms with Gasteiger partial charge in [-0.25, -0.2) is 0 Å². The summed E-state index contributed by atoms with van der Waals surface area (Å²) in [6.07, 6.45) is 1.22. The summed E-state index contributed by atoms with van der Waals surface area (Å²) >= 11 is 4.10. The average Bonchev–Trinajstić information content (AvgIpc) is 2.29. The molecule has 2 aliphatic rings. The molecule has 2 heterocycles. The van der Waals surface area contributed by atoms with Crippen LogP contribution in [0.2, 0.25) is 0 Å². The van der Waals surface area contributed by atoms with Crippen molar-refractivity contribution in [3.05, 3.63) is 35.4 Å². The van der Waals surface area contributed by atoms with Gasteiger partial charge < -0.3 is 9.47 Å². The Morgan fingerprint density at radius 3 is 2.12 bits per heavy atom. The first-order valence-electron chi connectivity index (χ1n) is 5.50. The zero-order valence-electron chi connectivity index (χ0n) is 8.93. The Hall–Kier alpha value is -0.160. The average molecular weight is 254 g/mol. The molecule has 0 atom stereocenters. The highest BCUT2D eigenvalue weighted by molar-refractivity contribution is 8.16. The molecule has 0 aliphatic carbocycles. The van der Waals surface area contributed by atoms with Crippen LogP contribution in [0.4, 0.5) is 0 Å². The van der Waals surface area contributed by atoms with E-state index in [0.29, 0.717) is 11.4 Å². The Bertz CT molecular complexity index is 343. The third-order valence-electron chi connectivity index (χ3n) is 2.75. The van der Waals surface area contributed by atoms with Gasteiger partial charge in [0.15, 0.2) is 13.1 Å². The Balaban J connectivity index is 1.70. The molecule has 0 N–H and O–H groups in total. The lowest BCUT2D eigenvalue weighted by molar-refractivity contribution is -0.326. The van der Waals surface area contributed by atoms with Crippen LogP contribution in [-0.2, 0) is 9.47 Å². The fraction of sp³-hybridized carbons (Fsp3) is 0.500. The van der Waals surface area contributed by atoms with E-state index in [1.807, 2.05) is 0 Å². The molecule has 0 amide bonds. The molecule has 0 bridgehead atoms. The van der Waals surface area contributed by atoms with Crippen molar-refractivity contribution in [2.24, 2.45) is 0 Å². The minimum absolute atomic E-state index is 0.124. The van der Waals surface area contributed by atoms with Crippen LogP contribution in [0, 0.1) is 0 Å². The van der Waals surface area contributed by atoms with E-state index in [4.69, 9.17) is 9.47 Å². The van der Waals surface area contributed by atoms with Gasteiger partial charge in [0.2, 0.25) is 0 Å². The van der Waals surface area contributed by atoms with Gasteiger partial charge in [-0.3, -0.25) is 0 Å². The van der Waals surface area contributed by atoms with Crippen molar-refractivity contribution < 1.29 is 9.47 Å². The molecule has 0 aromatic heterocycles. The molecular weight excluding hydrogens is 240 g/mol. The van der Waals surface area contributed by atoms with Crippen molar-refractivity contribution in [2.75, 3.05) is 18.3 Å². The summed E-state index contributed by atoms with van der Waals surface area (Å²) in [5, 5.41) is 0. The Morgan fingerprint density at radius 2 is 1.56 bits per heavy atom. The molecule has 2 fully saturated rings. The molecule has 0 saturated carbocycles. The van der Waals surface area contributed by atoms with E-state index in [9.17, 15) is 0 Å². The van der Waals surface area contributed by atoms with Crippen LogP contribution in [0.3, 0.4) is 0 Å². The summed E-state index contributed by atoms with van der Waals surface area (Å²) in [5.74, 6) is 2.57. The van der Waals surface area contributed by atoms with Gasteiger partial charge in [0.1, 0.15) is 0 Å². The van der Waals surface area contributed by atoms with E-state index < -0.39 is 0 Å². The van der Waals surface area contributed by atoms with E-state index in [-0.39, 0.29) is 6.29 Å². The lowest BCUT2D eigenvalue weighted by atomic mass is 10.1. The molecule has 0 radical (unpaired) electrons. The monoisotopic (exact) mass is 254 g/mol. The topological polar surface area (TPSA) is 18.5 Å². The van der Waals surface area contributed by atoms with Gasteiger partial charge in [0.25, 0.3) is 0 Å². The number of ether oxygens (including phenoxy) is 2. The summed E-state index contributed by atoms with van der Waals surface area (Å²) in [4.78, 5) is 0. The SMILES string of the molecule is c1cc(C2SCCCS2)ccc1C1OCO1. The summed E-state index contributed by atoms with van der Waals surface area (Å²) in [6.45, 7) is 0.431. The van der Waals surface area contributed by atoms with E-state index in [2.05, 4.69) is 47.8 Å². The largest absolute Gasteiger partial charge is 0.322 e.